The van der Waals surface area contributed by atoms with Gasteiger partial charge in [0.15, 0.2) is 5.78 Å². The van der Waals surface area contributed by atoms with E-state index in [0.29, 0.717) is 6.42 Å². The van der Waals surface area contributed by atoms with Crippen LogP contribution in [-0.4, -0.2) is 12.9 Å². The zero-order valence-electron chi connectivity index (χ0n) is 10.4. The van der Waals surface area contributed by atoms with Gasteiger partial charge in [-0.1, -0.05) is 12.5 Å². The van der Waals surface area contributed by atoms with Gasteiger partial charge in [0.1, 0.15) is 5.75 Å². The van der Waals surface area contributed by atoms with E-state index in [4.69, 9.17) is 4.74 Å². The zero-order valence-corrected chi connectivity index (χ0v) is 10.4. The van der Waals surface area contributed by atoms with Gasteiger partial charge in [-0.15, -0.1) is 6.58 Å². The molecule has 0 aliphatic heterocycles. The maximum Gasteiger partial charge on any atom is 0.162 e. The summed E-state index contributed by atoms with van der Waals surface area (Å²) in [6.07, 6.45) is 6.76. The summed E-state index contributed by atoms with van der Waals surface area (Å²) in [6, 6.07) is 7.30. The smallest absolute Gasteiger partial charge is 0.162 e. The summed E-state index contributed by atoms with van der Waals surface area (Å²) in [4.78, 5) is 11.8. The monoisotopic (exact) mass is 232 g/mol. The van der Waals surface area contributed by atoms with Crippen molar-refractivity contribution < 1.29 is 9.53 Å². The van der Waals surface area contributed by atoms with Crippen molar-refractivity contribution in [3.05, 3.63) is 42.5 Å². The van der Waals surface area contributed by atoms with Crippen LogP contribution in [-0.2, 0) is 0 Å². The van der Waals surface area contributed by atoms with Crippen LogP contribution in [0.2, 0.25) is 0 Å². The Morgan fingerprint density at radius 3 is 2.53 bits per heavy atom. The first kappa shape index (κ1) is 13.5. The zero-order chi connectivity index (χ0) is 12.5. The van der Waals surface area contributed by atoms with E-state index < -0.39 is 0 Å². The second-order valence-electron chi connectivity index (χ2n) is 4.04. The van der Waals surface area contributed by atoms with Crippen molar-refractivity contribution in [2.24, 2.45) is 0 Å². The van der Waals surface area contributed by atoms with Gasteiger partial charge in [0.25, 0.3) is 0 Å². The van der Waals surface area contributed by atoms with Crippen LogP contribution in [0.25, 0.3) is 0 Å². The highest BCUT2D eigenvalue weighted by Gasteiger charge is 2.05. The first-order chi connectivity index (χ1) is 8.27. The fourth-order valence-electron chi connectivity index (χ4n) is 1.67. The molecule has 0 bridgehead atoms. The molecular weight excluding hydrogens is 212 g/mol. The molecule has 17 heavy (non-hydrogen) atoms. The summed E-state index contributed by atoms with van der Waals surface area (Å²) in [7, 11) is 1.62. The van der Waals surface area contributed by atoms with Crippen molar-refractivity contribution in [3.8, 4) is 5.75 Å². The van der Waals surface area contributed by atoms with Crippen molar-refractivity contribution in [2.75, 3.05) is 7.11 Å². The average Bonchev–Trinajstić information content (AvgIpc) is 2.38. The molecule has 2 heteroatoms. The van der Waals surface area contributed by atoms with Crippen molar-refractivity contribution >= 4 is 5.78 Å². The topological polar surface area (TPSA) is 26.3 Å². The van der Waals surface area contributed by atoms with Gasteiger partial charge in [0, 0.05) is 12.0 Å². The van der Waals surface area contributed by atoms with E-state index in [1.165, 1.54) is 0 Å². The van der Waals surface area contributed by atoms with E-state index in [0.717, 1.165) is 37.0 Å². The minimum atomic E-state index is 0.214. The number of benzene rings is 1. The molecule has 92 valence electrons. The van der Waals surface area contributed by atoms with Gasteiger partial charge in [-0.25, -0.2) is 0 Å². The lowest BCUT2D eigenvalue weighted by Crippen LogP contribution is -1.98. The highest BCUT2D eigenvalue weighted by atomic mass is 16.5. The molecule has 0 radical (unpaired) electrons. The molecule has 0 aliphatic carbocycles. The number of Topliss-reactive ketones (excluding diaryl/α,β-unsaturated/α-hetero) is 1. The number of allylic oxidation sites excluding steroid dienone is 1. The molecule has 1 aromatic rings. The van der Waals surface area contributed by atoms with Crippen LogP contribution in [0.4, 0.5) is 0 Å². The molecule has 1 rings (SSSR count). The third-order valence-corrected chi connectivity index (χ3v) is 2.72. The Balaban J connectivity index is 2.33. The van der Waals surface area contributed by atoms with E-state index in [2.05, 4.69) is 6.58 Å². The van der Waals surface area contributed by atoms with Crippen molar-refractivity contribution in [3.63, 3.8) is 0 Å². The highest BCUT2D eigenvalue weighted by molar-refractivity contribution is 5.96. The van der Waals surface area contributed by atoms with Gasteiger partial charge in [0.05, 0.1) is 7.11 Å². The number of hydrogen-bond acceptors (Lipinski definition) is 2. The Kier molecular flexibility index (Phi) is 6.08. The number of hydrogen-bond donors (Lipinski definition) is 0. The second kappa shape index (κ2) is 7.66. The fourth-order valence-corrected chi connectivity index (χ4v) is 1.67. The molecular formula is C15H20O2. The van der Waals surface area contributed by atoms with Gasteiger partial charge in [-0.05, 0) is 43.5 Å². The summed E-state index contributed by atoms with van der Waals surface area (Å²) in [6.45, 7) is 3.68. The maximum atomic E-state index is 11.8. The molecule has 0 unspecified atom stereocenters. The summed E-state index contributed by atoms with van der Waals surface area (Å²) < 4.78 is 5.05. The SMILES string of the molecule is C=CCCCCCC(=O)c1ccc(OC)cc1. The molecule has 0 aliphatic rings. The van der Waals surface area contributed by atoms with Gasteiger partial charge in [-0.2, -0.15) is 0 Å². The van der Waals surface area contributed by atoms with Crippen LogP contribution in [0.5, 0.6) is 5.75 Å². The molecule has 2 nitrogen and oxygen atoms in total. The Morgan fingerprint density at radius 1 is 1.24 bits per heavy atom. The predicted molar refractivity (Wildman–Crippen MR) is 70.6 cm³/mol. The molecule has 0 amide bonds. The molecule has 0 saturated carbocycles. The number of carbonyl (C=O) groups is 1. The van der Waals surface area contributed by atoms with Crippen LogP contribution in [0, 0.1) is 0 Å². The van der Waals surface area contributed by atoms with E-state index in [9.17, 15) is 4.79 Å². The predicted octanol–water partition coefficient (Wildman–Crippen LogP) is 4.01. The minimum absolute atomic E-state index is 0.214. The second-order valence-corrected chi connectivity index (χ2v) is 4.04. The standard InChI is InChI=1S/C15H20O2/c1-3-4-5-6-7-8-15(16)13-9-11-14(17-2)12-10-13/h3,9-12H,1,4-8H2,2H3. The lowest BCUT2D eigenvalue weighted by molar-refractivity contribution is 0.0979. The van der Waals surface area contributed by atoms with Crippen LogP contribution in [0.3, 0.4) is 0 Å². The number of ketones is 1. The molecule has 0 fully saturated rings. The van der Waals surface area contributed by atoms with Gasteiger partial charge >= 0.3 is 0 Å². The fraction of sp³-hybridized carbons (Fsp3) is 0.400. The van der Waals surface area contributed by atoms with Crippen LogP contribution >= 0.6 is 0 Å². The number of rotatable bonds is 8. The van der Waals surface area contributed by atoms with Crippen LogP contribution in [0.15, 0.2) is 36.9 Å². The van der Waals surface area contributed by atoms with E-state index in [1.54, 1.807) is 7.11 Å². The van der Waals surface area contributed by atoms with E-state index in [-0.39, 0.29) is 5.78 Å². The Bertz CT molecular complexity index is 352. The molecule has 0 aromatic heterocycles. The quantitative estimate of drug-likeness (QED) is 0.384. The highest BCUT2D eigenvalue weighted by Crippen LogP contribution is 2.14. The Morgan fingerprint density at radius 2 is 1.94 bits per heavy atom. The molecule has 1 aromatic carbocycles. The summed E-state index contributed by atoms with van der Waals surface area (Å²) >= 11 is 0. The van der Waals surface area contributed by atoms with Crippen molar-refractivity contribution in [1.29, 1.82) is 0 Å². The van der Waals surface area contributed by atoms with Gasteiger partial charge < -0.3 is 4.74 Å². The van der Waals surface area contributed by atoms with E-state index in [1.807, 2.05) is 30.3 Å². The van der Waals surface area contributed by atoms with Crippen molar-refractivity contribution in [2.45, 2.75) is 32.1 Å². The number of methoxy groups -OCH3 is 1. The Hall–Kier alpha value is -1.57. The summed E-state index contributed by atoms with van der Waals surface area (Å²) in [5, 5.41) is 0. The molecule has 0 heterocycles. The van der Waals surface area contributed by atoms with Crippen LogP contribution < -0.4 is 4.74 Å². The minimum Gasteiger partial charge on any atom is -0.497 e. The summed E-state index contributed by atoms with van der Waals surface area (Å²) in [5.41, 5.74) is 0.773. The molecule has 0 spiro atoms. The Labute approximate surface area is 103 Å². The number of ether oxygens (including phenoxy) is 1. The van der Waals surface area contributed by atoms with E-state index >= 15 is 0 Å². The van der Waals surface area contributed by atoms with Gasteiger partial charge in [-0.3, -0.25) is 4.79 Å². The molecule has 0 atom stereocenters. The lowest BCUT2D eigenvalue weighted by Gasteiger charge is -2.03. The largest absolute Gasteiger partial charge is 0.497 e. The first-order valence-corrected chi connectivity index (χ1v) is 6.06. The third kappa shape index (κ3) is 4.85. The molecule has 0 saturated heterocycles. The van der Waals surface area contributed by atoms with Crippen molar-refractivity contribution in [1.82, 2.24) is 0 Å². The normalized spacial score (nSPS) is 9.94. The maximum absolute atomic E-state index is 11.8. The number of carbonyl (C=O) groups excluding carboxylic acids is 1. The number of unbranched alkanes of at least 4 members (excludes halogenated alkanes) is 3. The molecule has 0 N–H and O–H groups in total. The first-order valence-electron chi connectivity index (χ1n) is 6.06. The van der Waals surface area contributed by atoms with Crippen LogP contribution in [0.1, 0.15) is 42.5 Å². The average molecular weight is 232 g/mol. The third-order valence-electron chi connectivity index (χ3n) is 2.72. The summed E-state index contributed by atoms with van der Waals surface area (Å²) in [5.74, 6) is 0.999. The lowest BCUT2D eigenvalue weighted by atomic mass is 10.0. The van der Waals surface area contributed by atoms with Gasteiger partial charge in [0.2, 0.25) is 0 Å².